The summed E-state index contributed by atoms with van der Waals surface area (Å²) in [6.45, 7) is -0.600. The maximum Gasteiger partial charge on any atom is 0.340 e. The summed E-state index contributed by atoms with van der Waals surface area (Å²) in [6, 6.07) is 7.22. The molecule has 1 amide bonds. The molecule has 2 aromatic rings. The van der Waals surface area contributed by atoms with Crippen LogP contribution < -0.4 is 15.8 Å². The van der Waals surface area contributed by atoms with Crippen molar-refractivity contribution in [3.05, 3.63) is 51.5 Å². The van der Waals surface area contributed by atoms with Gasteiger partial charge in [0.1, 0.15) is 5.75 Å². The van der Waals surface area contributed by atoms with Gasteiger partial charge in [0.05, 0.1) is 22.0 Å². The van der Waals surface area contributed by atoms with Crippen LogP contribution in [0.1, 0.15) is 20.7 Å². The number of nitrogens with one attached hydrogen (secondary N) is 1. The molecule has 0 fully saturated rings. The number of halogens is 2. The number of carbonyl (C=O) groups excluding carboxylic acids is 3. The highest BCUT2D eigenvalue weighted by Crippen LogP contribution is 2.29. The fourth-order valence-corrected chi connectivity index (χ4v) is 2.80. The standard InChI is InChI=1S/C17H12Cl2N2O5/c18-9-4-10(16(20)11(19)5-9)17(24)26-6-13(22)8-1-2-14-12(3-8)21-15(23)7-25-14/h1-5H,6-7,20H2,(H,21,23). The number of amides is 1. The van der Waals surface area contributed by atoms with E-state index in [0.717, 1.165) is 0 Å². The third-order valence-electron chi connectivity index (χ3n) is 3.58. The molecule has 0 bridgehead atoms. The van der Waals surface area contributed by atoms with Gasteiger partial charge in [-0.2, -0.15) is 0 Å². The number of benzene rings is 2. The highest BCUT2D eigenvalue weighted by Gasteiger charge is 2.20. The lowest BCUT2D eigenvalue weighted by atomic mass is 10.1. The molecule has 1 aliphatic heterocycles. The van der Waals surface area contributed by atoms with E-state index in [-0.39, 0.29) is 39.4 Å². The molecule has 0 saturated carbocycles. The summed E-state index contributed by atoms with van der Waals surface area (Å²) in [4.78, 5) is 35.7. The van der Waals surface area contributed by atoms with Gasteiger partial charge < -0.3 is 20.5 Å². The van der Waals surface area contributed by atoms with Crippen LogP contribution in [0, 0.1) is 0 Å². The first-order valence-corrected chi connectivity index (χ1v) is 8.12. The summed E-state index contributed by atoms with van der Waals surface area (Å²) < 4.78 is 10.2. The van der Waals surface area contributed by atoms with Gasteiger partial charge in [0.2, 0.25) is 0 Å². The van der Waals surface area contributed by atoms with E-state index in [2.05, 4.69) is 5.32 Å². The first-order valence-electron chi connectivity index (χ1n) is 7.36. The monoisotopic (exact) mass is 394 g/mol. The van der Waals surface area contributed by atoms with Crippen molar-refractivity contribution in [2.24, 2.45) is 0 Å². The lowest BCUT2D eigenvalue weighted by Crippen LogP contribution is -2.25. The summed E-state index contributed by atoms with van der Waals surface area (Å²) >= 11 is 11.7. The van der Waals surface area contributed by atoms with Gasteiger partial charge in [-0.05, 0) is 30.3 Å². The predicted octanol–water partition coefficient (Wildman–Crippen LogP) is 2.95. The minimum absolute atomic E-state index is 0.0159. The van der Waals surface area contributed by atoms with Crippen LogP contribution >= 0.6 is 23.2 Å². The Labute approximate surface area is 158 Å². The molecule has 7 nitrogen and oxygen atoms in total. The van der Waals surface area contributed by atoms with E-state index >= 15 is 0 Å². The van der Waals surface area contributed by atoms with Crippen LogP contribution in [-0.2, 0) is 9.53 Å². The smallest absolute Gasteiger partial charge is 0.340 e. The second kappa shape index (κ2) is 7.23. The largest absolute Gasteiger partial charge is 0.482 e. The second-order valence-corrected chi connectivity index (χ2v) is 6.24. The number of rotatable bonds is 4. The summed E-state index contributed by atoms with van der Waals surface area (Å²) in [6.07, 6.45) is 0. The van der Waals surface area contributed by atoms with Gasteiger partial charge in [0.15, 0.2) is 19.0 Å². The Morgan fingerprint density at radius 1 is 1.23 bits per heavy atom. The number of fused-ring (bicyclic) bond motifs is 1. The molecule has 0 aromatic heterocycles. The minimum atomic E-state index is -0.824. The van der Waals surface area contributed by atoms with E-state index in [1.165, 1.54) is 24.3 Å². The van der Waals surface area contributed by atoms with Crippen molar-refractivity contribution in [3.8, 4) is 5.75 Å². The summed E-state index contributed by atoms with van der Waals surface area (Å²) in [5, 5.41) is 2.92. The van der Waals surface area contributed by atoms with Crippen molar-refractivity contribution >= 4 is 52.2 Å². The molecule has 3 rings (SSSR count). The highest BCUT2D eigenvalue weighted by molar-refractivity contribution is 6.37. The van der Waals surface area contributed by atoms with Crippen LogP contribution in [0.4, 0.5) is 11.4 Å². The van der Waals surface area contributed by atoms with E-state index in [0.29, 0.717) is 11.4 Å². The third-order valence-corrected chi connectivity index (χ3v) is 4.11. The molecule has 134 valence electrons. The van der Waals surface area contributed by atoms with Crippen molar-refractivity contribution in [2.45, 2.75) is 0 Å². The van der Waals surface area contributed by atoms with Crippen molar-refractivity contribution < 1.29 is 23.9 Å². The van der Waals surface area contributed by atoms with Crippen molar-refractivity contribution in [2.75, 3.05) is 24.3 Å². The third kappa shape index (κ3) is 3.74. The average Bonchev–Trinajstić information content (AvgIpc) is 2.61. The summed E-state index contributed by atoms with van der Waals surface area (Å²) in [5.74, 6) is -1.15. The van der Waals surface area contributed by atoms with Gasteiger partial charge in [-0.15, -0.1) is 0 Å². The van der Waals surface area contributed by atoms with Crippen molar-refractivity contribution in [3.63, 3.8) is 0 Å². The van der Waals surface area contributed by atoms with E-state index in [4.69, 9.17) is 38.4 Å². The van der Waals surface area contributed by atoms with Crippen LogP contribution in [0.5, 0.6) is 5.75 Å². The molecule has 0 unspecified atom stereocenters. The topological polar surface area (TPSA) is 108 Å². The number of nitrogens with two attached hydrogens (primary N) is 1. The van der Waals surface area contributed by atoms with E-state index < -0.39 is 18.4 Å². The normalized spacial score (nSPS) is 12.6. The fraction of sp³-hybridized carbons (Fsp3) is 0.118. The number of ketones is 1. The first kappa shape index (κ1) is 18.0. The molecule has 26 heavy (non-hydrogen) atoms. The van der Waals surface area contributed by atoms with E-state index in [1.54, 1.807) is 6.07 Å². The van der Waals surface area contributed by atoms with Gasteiger partial charge in [0.25, 0.3) is 5.91 Å². The predicted molar refractivity (Wildman–Crippen MR) is 96.1 cm³/mol. The average molecular weight is 395 g/mol. The molecule has 0 atom stereocenters. The van der Waals surface area contributed by atoms with Gasteiger partial charge in [0, 0.05) is 10.6 Å². The number of ether oxygens (including phenoxy) is 2. The van der Waals surface area contributed by atoms with Crippen molar-refractivity contribution in [1.29, 1.82) is 0 Å². The SMILES string of the molecule is Nc1c(Cl)cc(Cl)cc1C(=O)OCC(=O)c1ccc2c(c1)NC(=O)CO2. The molecule has 0 saturated heterocycles. The molecule has 1 heterocycles. The molecule has 3 N–H and O–H groups in total. The Hall–Kier alpha value is -2.77. The van der Waals surface area contributed by atoms with E-state index in [9.17, 15) is 14.4 Å². The van der Waals surface area contributed by atoms with Crippen LogP contribution in [-0.4, -0.2) is 30.9 Å². The Balaban J connectivity index is 1.70. The molecule has 0 radical (unpaired) electrons. The second-order valence-electron chi connectivity index (χ2n) is 5.40. The van der Waals surface area contributed by atoms with Gasteiger partial charge >= 0.3 is 5.97 Å². The molecular formula is C17H12Cl2N2O5. The lowest BCUT2D eigenvalue weighted by Gasteiger charge is -2.18. The molecule has 9 heteroatoms. The number of Topliss-reactive ketones (excluding diaryl/α,β-unsaturated/α-hetero) is 1. The Kier molecular flexibility index (Phi) is 5.01. The van der Waals surface area contributed by atoms with Crippen LogP contribution in [0.25, 0.3) is 0 Å². The molecule has 0 aliphatic carbocycles. The first-order chi connectivity index (χ1) is 12.3. The quantitative estimate of drug-likeness (QED) is 0.468. The zero-order valence-corrected chi connectivity index (χ0v) is 14.7. The molecule has 0 spiro atoms. The van der Waals surface area contributed by atoms with Crippen LogP contribution in [0.2, 0.25) is 10.0 Å². The van der Waals surface area contributed by atoms with Crippen LogP contribution in [0.15, 0.2) is 30.3 Å². The highest BCUT2D eigenvalue weighted by atomic mass is 35.5. The summed E-state index contributed by atoms with van der Waals surface area (Å²) in [7, 11) is 0. The maximum atomic E-state index is 12.3. The van der Waals surface area contributed by atoms with Gasteiger partial charge in [-0.25, -0.2) is 4.79 Å². The van der Waals surface area contributed by atoms with Gasteiger partial charge in [-0.3, -0.25) is 9.59 Å². The fourth-order valence-electron chi connectivity index (χ4n) is 2.30. The zero-order chi connectivity index (χ0) is 18.8. The Bertz CT molecular complexity index is 930. The Morgan fingerprint density at radius 2 is 2.00 bits per heavy atom. The van der Waals surface area contributed by atoms with E-state index in [1.807, 2.05) is 0 Å². The van der Waals surface area contributed by atoms with Gasteiger partial charge in [-0.1, -0.05) is 23.2 Å². The Morgan fingerprint density at radius 3 is 2.77 bits per heavy atom. The minimum Gasteiger partial charge on any atom is -0.482 e. The molecular weight excluding hydrogens is 383 g/mol. The van der Waals surface area contributed by atoms with Crippen LogP contribution in [0.3, 0.4) is 0 Å². The number of carbonyl (C=O) groups is 3. The number of anilines is 2. The zero-order valence-electron chi connectivity index (χ0n) is 13.2. The number of hydrogen-bond donors (Lipinski definition) is 2. The molecule has 1 aliphatic rings. The van der Waals surface area contributed by atoms with Crippen molar-refractivity contribution in [1.82, 2.24) is 0 Å². The molecule has 2 aromatic carbocycles. The number of esters is 1. The number of nitrogen functional groups attached to an aromatic ring is 1. The number of hydrogen-bond acceptors (Lipinski definition) is 6. The lowest BCUT2D eigenvalue weighted by molar-refractivity contribution is -0.118. The maximum absolute atomic E-state index is 12.3. The summed E-state index contributed by atoms with van der Waals surface area (Å²) in [5.41, 5.74) is 6.35.